The summed E-state index contributed by atoms with van der Waals surface area (Å²) in [7, 11) is 0. The predicted molar refractivity (Wildman–Crippen MR) is 76.0 cm³/mol. The van der Waals surface area contributed by atoms with Gasteiger partial charge >= 0.3 is 0 Å². The molecule has 1 aromatic carbocycles. The fourth-order valence-corrected chi connectivity index (χ4v) is 2.29. The molecule has 0 aliphatic rings. The second-order valence-electron chi connectivity index (χ2n) is 4.18. The topological polar surface area (TPSA) is 38.7 Å². The lowest BCUT2D eigenvalue weighted by atomic mass is 10.1. The van der Waals surface area contributed by atoms with E-state index in [-0.39, 0.29) is 6.61 Å². The van der Waals surface area contributed by atoms with E-state index >= 15 is 0 Å². The Balaban J connectivity index is 2.46. The molecule has 102 valence electrons. The van der Waals surface area contributed by atoms with Crippen molar-refractivity contribution < 1.29 is 14.6 Å². The van der Waals surface area contributed by atoms with Crippen LogP contribution in [-0.2, 0) is 11.3 Å². The van der Waals surface area contributed by atoms with Gasteiger partial charge in [-0.15, -0.1) is 0 Å². The third-order valence-electron chi connectivity index (χ3n) is 2.60. The van der Waals surface area contributed by atoms with Gasteiger partial charge in [-0.05, 0) is 31.0 Å². The maximum absolute atomic E-state index is 9.31. The van der Waals surface area contributed by atoms with Crippen LogP contribution in [0.15, 0.2) is 16.6 Å². The molecule has 0 fully saturated rings. The Morgan fingerprint density at radius 1 is 1.22 bits per heavy atom. The first-order valence-electron chi connectivity index (χ1n) is 6.29. The Morgan fingerprint density at radius 3 is 2.67 bits per heavy atom. The van der Waals surface area contributed by atoms with E-state index in [0.29, 0.717) is 13.2 Å². The number of benzene rings is 1. The summed E-state index contributed by atoms with van der Waals surface area (Å²) in [6.07, 6.45) is 2.22. The first-order valence-corrected chi connectivity index (χ1v) is 7.08. The molecule has 3 nitrogen and oxygen atoms in total. The number of halogens is 1. The Morgan fingerprint density at radius 2 is 2.00 bits per heavy atom. The number of ether oxygens (including phenoxy) is 2. The molecule has 0 atom stereocenters. The van der Waals surface area contributed by atoms with E-state index in [2.05, 4.69) is 22.9 Å². The van der Waals surface area contributed by atoms with E-state index in [4.69, 9.17) is 9.47 Å². The van der Waals surface area contributed by atoms with Crippen LogP contribution in [0.25, 0.3) is 0 Å². The molecule has 0 bridgehead atoms. The number of hydrogen-bond donors (Lipinski definition) is 1. The molecule has 0 spiro atoms. The van der Waals surface area contributed by atoms with Crippen LogP contribution in [0, 0.1) is 6.92 Å². The van der Waals surface area contributed by atoms with Crippen LogP contribution < -0.4 is 4.74 Å². The van der Waals surface area contributed by atoms with Gasteiger partial charge in [-0.3, -0.25) is 0 Å². The zero-order valence-electron chi connectivity index (χ0n) is 11.0. The van der Waals surface area contributed by atoms with Gasteiger partial charge in [0, 0.05) is 16.6 Å². The maximum Gasteiger partial charge on any atom is 0.127 e. The summed E-state index contributed by atoms with van der Waals surface area (Å²) in [6, 6.07) is 3.85. The van der Waals surface area contributed by atoms with Crippen molar-refractivity contribution in [3.63, 3.8) is 0 Å². The molecule has 0 saturated heterocycles. The minimum absolute atomic E-state index is 0.0215. The molecule has 0 unspecified atom stereocenters. The largest absolute Gasteiger partial charge is 0.491 e. The van der Waals surface area contributed by atoms with Crippen LogP contribution in [-0.4, -0.2) is 24.9 Å². The van der Waals surface area contributed by atoms with Crippen LogP contribution >= 0.6 is 15.9 Å². The van der Waals surface area contributed by atoms with Gasteiger partial charge in [0.25, 0.3) is 0 Å². The highest BCUT2D eigenvalue weighted by atomic mass is 79.9. The molecule has 0 radical (unpaired) electrons. The lowest BCUT2D eigenvalue weighted by molar-refractivity contribution is 0.0969. The maximum atomic E-state index is 9.31. The monoisotopic (exact) mass is 316 g/mol. The van der Waals surface area contributed by atoms with Crippen molar-refractivity contribution >= 4 is 15.9 Å². The predicted octanol–water partition coefficient (Wildman–Crippen LogP) is 3.45. The zero-order valence-corrected chi connectivity index (χ0v) is 12.6. The van der Waals surface area contributed by atoms with Crippen molar-refractivity contribution in [2.45, 2.75) is 33.3 Å². The van der Waals surface area contributed by atoms with E-state index in [1.165, 1.54) is 0 Å². The summed E-state index contributed by atoms with van der Waals surface area (Å²) in [5.74, 6) is 0.764. The highest BCUT2D eigenvalue weighted by Gasteiger charge is 2.08. The van der Waals surface area contributed by atoms with Crippen molar-refractivity contribution in [1.82, 2.24) is 0 Å². The van der Waals surface area contributed by atoms with Gasteiger partial charge in [-0.25, -0.2) is 0 Å². The molecule has 18 heavy (non-hydrogen) atoms. The van der Waals surface area contributed by atoms with Gasteiger partial charge in [0.05, 0.1) is 13.2 Å². The van der Waals surface area contributed by atoms with Gasteiger partial charge in [-0.1, -0.05) is 29.3 Å². The average Bonchev–Trinajstić information content (AvgIpc) is 2.35. The molecule has 0 aliphatic carbocycles. The molecular formula is C14H21BrO3. The standard InChI is InChI=1S/C14H21BrO3/c1-3-4-5-17-6-7-18-14-11(2)8-13(15)9-12(14)10-16/h8-9,16H,3-7,10H2,1-2H3. The number of unbranched alkanes of at least 4 members (excludes halogenated alkanes) is 1. The number of aliphatic hydroxyl groups is 1. The molecule has 0 saturated carbocycles. The Bertz CT molecular complexity index is 366. The second-order valence-corrected chi connectivity index (χ2v) is 5.10. The van der Waals surface area contributed by atoms with Gasteiger partial charge in [-0.2, -0.15) is 0 Å². The lowest BCUT2D eigenvalue weighted by Gasteiger charge is -2.13. The molecule has 0 amide bonds. The molecule has 1 N–H and O–H groups in total. The normalized spacial score (nSPS) is 10.7. The highest BCUT2D eigenvalue weighted by molar-refractivity contribution is 9.10. The summed E-state index contributed by atoms with van der Waals surface area (Å²) < 4.78 is 12.1. The van der Waals surface area contributed by atoms with Crippen molar-refractivity contribution in [2.75, 3.05) is 19.8 Å². The van der Waals surface area contributed by atoms with Crippen LogP contribution in [0.5, 0.6) is 5.75 Å². The molecule has 4 heteroatoms. The van der Waals surface area contributed by atoms with E-state index < -0.39 is 0 Å². The third-order valence-corrected chi connectivity index (χ3v) is 3.06. The average molecular weight is 317 g/mol. The molecule has 0 aliphatic heterocycles. The summed E-state index contributed by atoms with van der Waals surface area (Å²) in [5.41, 5.74) is 1.82. The minimum atomic E-state index is -0.0215. The van der Waals surface area contributed by atoms with E-state index in [9.17, 15) is 5.11 Å². The smallest absolute Gasteiger partial charge is 0.127 e. The van der Waals surface area contributed by atoms with Crippen molar-refractivity contribution in [2.24, 2.45) is 0 Å². The summed E-state index contributed by atoms with van der Waals surface area (Å²) >= 11 is 3.41. The summed E-state index contributed by atoms with van der Waals surface area (Å²) in [6.45, 7) is 5.97. The molecule has 0 heterocycles. The Kier molecular flexibility index (Phi) is 7.32. The summed E-state index contributed by atoms with van der Waals surface area (Å²) in [4.78, 5) is 0. The van der Waals surface area contributed by atoms with Crippen LogP contribution in [0.4, 0.5) is 0 Å². The van der Waals surface area contributed by atoms with Crippen LogP contribution in [0.1, 0.15) is 30.9 Å². The quantitative estimate of drug-likeness (QED) is 0.747. The molecule has 1 aromatic rings. The molecule has 0 aromatic heterocycles. The SMILES string of the molecule is CCCCOCCOc1c(C)cc(Br)cc1CO. The van der Waals surface area contributed by atoms with Crippen LogP contribution in [0.3, 0.4) is 0 Å². The van der Waals surface area contributed by atoms with E-state index in [1.54, 1.807) is 0 Å². The first-order chi connectivity index (χ1) is 8.69. The first kappa shape index (κ1) is 15.5. The number of aryl methyl sites for hydroxylation is 1. The second kappa shape index (κ2) is 8.51. The van der Waals surface area contributed by atoms with Gasteiger partial charge in [0.2, 0.25) is 0 Å². The fourth-order valence-electron chi connectivity index (χ4n) is 1.67. The Labute approximate surface area is 117 Å². The van der Waals surface area contributed by atoms with Crippen molar-refractivity contribution in [3.05, 3.63) is 27.7 Å². The van der Waals surface area contributed by atoms with Gasteiger partial charge in [0.15, 0.2) is 0 Å². The highest BCUT2D eigenvalue weighted by Crippen LogP contribution is 2.28. The number of rotatable bonds is 8. The van der Waals surface area contributed by atoms with E-state index in [1.807, 2.05) is 19.1 Å². The molecule has 1 rings (SSSR count). The van der Waals surface area contributed by atoms with Crippen molar-refractivity contribution in [3.8, 4) is 5.75 Å². The lowest BCUT2D eigenvalue weighted by Crippen LogP contribution is -2.09. The van der Waals surface area contributed by atoms with Crippen LogP contribution in [0.2, 0.25) is 0 Å². The van der Waals surface area contributed by atoms with E-state index in [0.717, 1.165) is 40.8 Å². The van der Waals surface area contributed by atoms with Gasteiger partial charge < -0.3 is 14.6 Å². The zero-order chi connectivity index (χ0) is 13.4. The third kappa shape index (κ3) is 4.96. The summed E-state index contributed by atoms with van der Waals surface area (Å²) in [5, 5.41) is 9.31. The molecular weight excluding hydrogens is 296 g/mol. The van der Waals surface area contributed by atoms with Crippen molar-refractivity contribution in [1.29, 1.82) is 0 Å². The van der Waals surface area contributed by atoms with Gasteiger partial charge in [0.1, 0.15) is 12.4 Å². The Hall–Kier alpha value is -0.580. The number of hydrogen-bond acceptors (Lipinski definition) is 3. The number of aliphatic hydroxyl groups excluding tert-OH is 1. The minimum Gasteiger partial charge on any atom is -0.491 e. The fraction of sp³-hybridized carbons (Fsp3) is 0.571.